The van der Waals surface area contributed by atoms with E-state index in [-0.39, 0.29) is 0 Å². The number of carboxylic acids is 4. The van der Waals surface area contributed by atoms with Crippen molar-refractivity contribution < 1.29 is 57.5 Å². The molecule has 0 aliphatic carbocycles. The molecule has 0 aliphatic heterocycles. The normalized spacial score (nSPS) is 10.2. The number of rotatable bonds is 16. The molecule has 0 saturated carbocycles. The van der Waals surface area contributed by atoms with E-state index < -0.39 is 23.9 Å². The summed E-state index contributed by atoms with van der Waals surface area (Å²) in [7, 11) is 0. The number of aliphatic carboxylic acids is 4. The van der Waals surface area contributed by atoms with E-state index in [0.717, 1.165) is 27.7 Å². The SMILES string of the molecule is CC(=O)[O-].CC(=O)[O-].CC(=O)[O-].CC(=O)[O-].CC[N+](CC)(CC)CC.CC[N+](CC)(CC)CC.CC[N+](CC)(CC)CC.CC[N+](CC)(CC)CC. The van der Waals surface area contributed by atoms with Crippen LogP contribution in [0.4, 0.5) is 0 Å². The van der Waals surface area contributed by atoms with Crippen LogP contribution in [0.5, 0.6) is 0 Å². The minimum absolute atomic E-state index is 0.972. The van der Waals surface area contributed by atoms with E-state index in [1.165, 1.54) is 123 Å². The molecule has 0 rings (SSSR count). The van der Waals surface area contributed by atoms with E-state index in [2.05, 4.69) is 111 Å². The molecule has 0 amide bonds. The Bertz CT molecular complexity index is 566. The predicted molar refractivity (Wildman–Crippen MR) is 212 cm³/mol. The molecular weight excluding hydrogens is 664 g/mol. The van der Waals surface area contributed by atoms with Gasteiger partial charge >= 0.3 is 0 Å². The lowest BCUT2D eigenvalue weighted by atomic mass is 10.3. The lowest BCUT2D eigenvalue weighted by molar-refractivity contribution is -0.921. The van der Waals surface area contributed by atoms with E-state index in [9.17, 15) is 0 Å². The highest BCUT2D eigenvalue weighted by Crippen LogP contribution is 2.05. The molecule has 12 heteroatoms. The molecule has 0 bridgehead atoms. The van der Waals surface area contributed by atoms with Crippen LogP contribution in [0.25, 0.3) is 0 Å². The summed E-state index contributed by atoms with van der Waals surface area (Å²) in [5, 5.41) is 35.6. The molecule has 0 saturated heterocycles. The number of quaternary nitrogens is 4. The van der Waals surface area contributed by atoms with Gasteiger partial charge in [-0.25, -0.2) is 0 Å². The molecule has 0 aromatic carbocycles. The molecule has 0 unspecified atom stereocenters. The third-order valence-electron chi connectivity index (χ3n) is 10.7. The Balaban J connectivity index is -0.0000000729. The largest absolute Gasteiger partial charge is 0.550 e. The first-order valence-electron chi connectivity index (χ1n) is 20.0. The molecule has 0 heterocycles. The highest BCUT2D eigenvalue weighted by molar-refractivity contribution is 5.61. The third kappa shape index (κ3) is 49.8. The molecule has 0 spiro atoms. The smallest absolute Gasteiger partial charge is 0.0757 e. The van der Waals surface area contributed by atoms with Gasteiger partial charge in [0.25, 0.3) is 0 Å². The number of carbonyl (C=O) groups is 4. The van der Waals surface area contributed by atoms with Crippen LogP contribution in [0.1, 0.15) is 138 Å². The van der Waals surface area contributed by atoms with Gasteiger partial charge in [-0.1, -0.05) is 0 Å². The Labute approximate surface area is 324 Å². The van der Waals surface area contributed by atoms with Crippen molar-refractivity contribution in [3.05, 3.63) is 0 Å². The average Bonchev–Trinajstić information content (AvgIpc) is 3.10. The number of hydrogen-bond donors (Lipinski definition) is 0. The summed E-state index contributed by atoms with van der Waals surface area (Å²) < 4.78 is 5.11. The van der Waals surface area contributed by atoms with E-state index in [1.54, 1.807) is 0 Å². The molecule has 0 N–H and O–H groups in total. The van der Waals surface area contributed by atoms with Gasteiger partial charge in [0.1, 0.15) is 0 Å². The number of carboxylic acid groups (broad SMARTS) is 4. The van der Waals surface area contributed by atoms with Crippen molar-refractivity contribution in [1.82, 2.24) is 0 Å². The fraction of sp³-hybridized carbons (Fsp3) is 0.900. The molecule has 12 nitrogen and oxygen atoms in total. The first-order valence-corrected chi connectivity index (χ1v) is 20.0. The van der Waals surface area contributed by atoms with Crippen molar-refractivity contribution in [1.29, 1.82) is 0 Å². The Kier molecular flexibility index (Phi) is 58.5. The third-order valence-corrected chi connectivity index (χ3v) is 10.7. The number of hydrogen-bond acceptors (Lipinski definition) is 8. The summed E-state index contributed by atoms with van der Waals surface area (Å²) in [6, 6.07) is 0. The molecule has 0 aliphatic rings. The molecule has 0 aromatic rings. The van der Waals surface area contributed by atoms with Crippen LogP contribution in [-0.2, 0) is 19.2 Å². The topological polar surface area (TPSA) is 161 Å². The van der Waals surface area contributed by atoms with Crippen LogP contribution in [0.15, 0.2) is 0 Å². The summed E-state index contributed by atoms with van der Waals surface area (Å²) in [6.07, 6.45) is 0. The zero-order chi connectivity index (χ0) is 43.6. The van der Waals surface area contributed by atoms with Gasteiger partial charge in [0, 0.05) is 23.9 Å². The molecule has 320 valence electrons. The lowest BCUT2D eigenvalue weighted by Gasteiger charge is -2.34. The second-order valence-corrected chi connectivity index (χ2v) is 12.4. The maximum absolute atomic E-state index is 8.89. The van der Waals surface area contributed by atoms with Crippen molar-refractivity contribution in [2.75, 3.05) is 105 Å². The highest BCUT2D eigenvalue weighted by atomic mass is 16.4. The van der Waals surface area contributed by atoms with Gasteiger partial charge in [-0.2, -0.15) is 0 Å². The Morgan fingerprint density at radius 2 is 0.288 bits per heavy atom. The van der Waals surface area contributed by atoms with Crippen LogP contribution in [0, 0.1) is 0 Å². The Morgan fingerprint density at radius 1 is 0.250 bits per heavy atom. The van der Waals surface area contributed by atoms with Crippen LogP contribution in [-0.4, -0.2) is 147 Å². The summed E-state index contributed by atoms with van der Waals surface area (Å²) in [5.74, 6) is -4.33. The highest BCUT2D eigenvalue weighted by Gasteiger charge is 2.18. The summed E-state index contributed by atoms with van der Waals surface area (Å²) >= 11 is 0. The maximum atomic E-state index is 8.89. The number of nitrogens with zero attached hydrogens (tertiary/aromatic N) is 4. The molecule has 0 fully saturated rings. The minimum Gasteiger partial charge on any atom is -0.550 e. The van der Waals surface area contributed by atoms with Crippen molar-refractivity contribution in [3.8, 4) is 0 Å². The van der Waals surface area contributed by atoms with E-state index in [0.29, 0.717) is 0 Å². The molecule has 52 heavy (non-hydrogen) atoms. The van der Waals surface area contributed by atoms with Gasteiger partial charge in [0.2, 0.25) is 0 Å². The first kappa shape index (κ1) is 67.8. The van der Waals surface area contributed by atoms with Gasteiger partial charge in [0.05, 0.1) is 105 Å². The van der Waals surface area contributed by atoms with Crippen LogP contribution >= 0.6 is 0 Å². The van der Waals surface area contributed by atoms with Crippen molar-refractivity contribution in [2.24, 2.45) is 0 Å². The van der Waals surface area contributed by atoms with Gasteiger partial charge in [-0.15, -0.1) is 0 Å². The fourth-order valence-electron chi connectivity index (χ4n) is 5.37. The lowest BCUT2D eigenvalue weighted by Crippen LogP contribution is -2.47. The van der Waals surface area contributed by atoms with E-state index in [4.69, 9.17) is 39.6 Å². The molecule has 0 aromatic heterocycles. The maximum Gasteiger partial charge on any atom is 0.0757 e. The van der Waals surface area contributed by atoms with Crippen molar-refractivity contribution in [3.63, 3.8) is 0 Å². The predicted octanol–water partition coefficient (Wildman–Crippen LogP) is 2.56. The molecular formula is C40H92N4O8. The van der Waals surface area contributed by atoms with Gasteiger partial charge in [-0.05, 0) is 138 Å². The monoisotopic (exact) mass is 757 g/mol. The zero-order valence-electron chi connectivity index (χ0n) is 38.4. The van der Waals surface area contributed by atoms with Gasteiger partial charge in [0.15, 0.2) is 0 Å². The second kappa shape index (κ2) is 44.9. The molecule has 0 radical (unpaired) electrons. The standard InChI is InChI=1S/4C8H20N.4C2H4O2/c4*1-5-9(6-2,7-3)8-4;4*1-2(3)4/h4*5-8H2,1-4H3;4*1H3,(H,3,4)/q4*+1;;;;/p-4. The molecule has 0 atom stereocenters. The van der Waals surface area contributed by atoms with Crippen LogP contribution in [0.2, 0.25) is 0 Å². The average molecular weight is 757 g/mol. The van der Waals surface area contributed by atoms with Crippen molar-refractivity contribution >= 4 is 23.9 Å². The summed E-state index contributed by atoms with van der Waals surface area (Å²) in [6.45, 7) is 60.8. The van der Waals surface area contributed by atoms with Crippen LogP contribution in [0.3, 0.4) is 0 Å². The van der Waals surface area contributed by atoms with Gasteiger partial charge in [-0.3, -0.25) is 0 Å². The Morgan fingerprint density at radius 3 is 0.288 bits per heavy atom. The van der Waals surface area contributed by atoms with Crippen LogP contribution < -0.4 is 20.4 Å². The quantitative estimate of drug-likeness (QED) is 0.217. The number of carbonyl (C=O) groups excluding carboxylic acids is 4. The van der Waals surface area contributed by atoms with E-state index >= 15 is 0 Å². The van der Waals surface area contributed by atoms with E-state index in [1.807, 2.05) is 0 Å². The summed E-state index contributed by atoms with van der Waals surface area (Å²) in [5.41, 5.74) is 0. The summed E-state index contributed by atoms with van der Waals surface area (Å²) in [4.78, 5) is 35.6. The minimum atomic E-state index is -1.08. The Hall–Kier alpha value is -2.28. The second-order valence-electron chi connectivity index (χ2n) is 12.4. The van der Waals surface area contributed by atoms with Crippen molar-refractivity contribution in [2.45, 2.75) is 138 Å². The zero-order valence-corrected chi connectivity index (χ0v) is 38.4. The van der Waals surface area contributed by atoms with Gasteiger partial charge < -0.3 is 57.5 Å². The first-order chi connectivity index (χ1) is 23.9. The fourth-order valence-corrected chi connectivity index (χ4v) is 5.37.